The molecule has 0 bridgehead atoms. The number of hydrogen-bond donors (Lipinski definition) is 2. The van der Waals surface area contributed by atoms with Crippen molar-refractivity contribution < 1.29 is 9.59 Å². The summed E-state index contributed by atoms with van der Waals surface area (Å²) in [5.74, 6) is -0.569. The van der Waals surface area contributed by atoms with Crippen LogP contribution in [0, 0.1) is 13.8 Å². The van der Waals surface area contributed by atoms with Gasteiger partial charge in [-0.05, 0) is 49.2 Å². The van der Waals surface area contributed by atoms with Crippen LogP contribution in [0.1, 0.15) is 31.8 Å². The highest BCUT2D eigenvalue weighted by atomic mass is 16.2. The van der Waals surface area contributed by atoms with Crippen LogP contribution in [0.15, 0.2) is 67.1 Å². The minimum Gasteiger partial charge on any atom is -0.322 e. The van der Waals surface area contributed by atoms with Gasteiger partial charge in [-0.3, -0.25) is 9.59 Å². The van der Waals surface area contributed by atoms with Crippen molar-refractivity contribution in [2.75, 3.05) is 10.6 Å². The van der Waals surface area contributed by atoms with Gasteiger partial charge < -0.3 is 10.6 Å². The molecule has 7 nitrogen and oxygen atoms in total. The molecule has 2 N–H and O–H groups in total. The number of benzene rings is 2. The van der Waals surface area contributed by atoms with Gasteiger partial charge in [0.2, 0.25) is 0 Å². The monoisotopic (exact) mass is 385 g/mol. The van der Waals surface area contributed by atoms with Gasteiger partial charge in [-0.25, -0.2) is 9.50 Å². The van der Waals surface area contributed by atoms with Crippen molar-refractivity contribution in [3.05, 3.63) is 89.4 Å². The second-order valence-electron chi connectivity index (χ2n) is 6.78. The van der Waals surface area contributed by atoms with Gasteiger partial charge in [-0.15, -0.1) is 0 Å². The first kappa shape index (κ1) is 18.4. The molecule has 7 heteroatoms. The molecule has 29 heavy (non-hydrogen) atoms. The number of carbonyl (C=O) groups excluding carboxylic acids is 2. The van der Waals surface area contributed by atoms with E-state index in [0.29, 0.717) is 22.5 Å². The number of aryl methyl sites for hydroxylation is 2. The van der Waals surface area contributed by atoms with Crippen LogP contribution in [0.4, 0.5) is 11.4 Å². The molecule has 0 aliphatic carbocycles. The fourth-order valence-electron chi connectivity index (χ4n) is 2.95. The molecule has 2 aromatic carbocycles. The number of fused-ring (bicyclic) bond motifs is 1. The van der Waals surface area contributed by atoms with E-state index in [2.05, 4.69) is 20.7 Å². The second kappa shape index (κ2) is 7.55. The molecule has 0 unspecified atom stereocenters. The summed E-state index contributed by atoms with van der Waals surface area (Å²) in [6.07, 6.45) is 4.72. The number of nitrogens with zero attached hydrogens (tertiary/aromatic N) is 3. The Labute approximate surface area is 167 Å². The molecule has 0 spiro atoms. The SMILES string of the molecule is Cc1cccc(NC(=O)c2ccc(C)c(NC(=O)c3cnc4ccnn4c3)c2)c1. The van der Waals surface area contributed by atoms with Crippen molar-refractivity contribution in [1.82, 2.24) is 14.6 Å². The molecule has 0 atom stereocenters. The van der Waals surface area contributed by atoms with Gasteiger partial charge in [0.25, 0.3) is 11.8 Å². The van der Waals surface area contributed by atoms with Crippen LogP contribution in [0.3, 0.4) is 0 Å². The summed E-state index contributed by atoms with van der Waals surface area (Å²) in [4.78, 5) is 29.5. The van der Waals surface area contributed by atoms with Crippen LogP contribution in [0.25, 0.3) is 5.65 Å². The van der Waals surface area contributed by atoms with E-state index >= 15 is 0 Å². The molecule has 144 valence electrons. The van der Waals surface area contributed by atoms with Crippen LogP contribution in [0.5, 0.6) is 0 Å². The van der Waals surface area contributed by atoms with Crippen LogP contribution >= 0.6 is 0 Å². The van der Waals surface area contributed by atoms with Gasteiger partial charge >= 0.3 is 0 Å². The summed E-state index contributed by atoms with van der Waals surface area (Å²) in [7, 11) is 0. The van der Waals surface area contributed by atoms with Crippen molar-refractivity contribution in [1.29, 1.82) is 0 Å². The van der Waals surface area contributed by atoms with E-state index in [1.54, 1.807) is 36.7 Å². The van der Waals surface area contributed by atoms with Gasteiger partial charge in [0.1, 0.15) is 0 Å². The lowest BCUT2D eigenvalue weighted by Crippen LogP contribution is -2.16. The molecule has 0 saturated heterocycles. The lowest BCUT2D eigenvalue weighted by atomic mass is 10.1. The highest BCUT2D eigenvalue weighted by Gasteiger charge is 2.13. The zero-order chi connectivity index (χ0) is 20.4. The zero-order valence-corrected chi connectivity index (χ0v) is 16.0. The average molecular weight is 385 g/mol. The molecule has 0 saturated carbocycles. The van der Waals surface area contributed by atoms with Crippen molar-refractivity contribution >= 4 is 28.8 Å². The summed E-state index contributed by atoms with van der Waals surface area (Å²) >= 11 is 0. The number of rotatable bonds is 4. The van der Waals surface area contributed by atoms with Crippen LogP contribution in [-0.4, -0.2) is 26.4 Å². The van der Waals surface area contributed by atoms with E-state index in [9.17, 15) is 9.59 Å². The average Bonchev–Trinajstić information content (AvgIpc) is 3.17. The van der Waals surface area contributed by atoms with E-state index in [-0.39, 0.29) is 11.8 Å². The molecule has 0 radical (unpaired) electrons. The van der Waals surface area contributed by atoms with Crippen LogP contribution in [-0.2, 0) is 0 Å². The minimum atomic E-state index is -0.325. The molecule has 4 aromatic rings. The third-order valence-electron chi connectivity index (χ3n) is 4.53. The van der Waals surface area contributed by atoms with Crippen molar-refractivity contribution in [3.63, 3.8) is 0 Å². The molecule has 4 rings (SSSR count). The topological polar surface area (TPSA) is 88.4 Å². The fourth-order valence-corrected chi connectivity index (χ4v) is 2.95. The molecule has 2 aromatic heterocycles. The lowest BCUT2D eigenvalue weighted by Gasteiger charge is -2.11. The Balaban J connectivity index is 1.54. The summed E-state index contributed by atoms with van der Waals surface area (Å²) in [6.45, 7) is 3.83. The van der Waals surface area contributed by atoms with E-state index in [4.69, 9.17) is 0 Å². The summed E-state index contributed by atoms with van der Waals surface area (Å²) in [6, 6.07) is 14.5. The molecular weight excluding hydrogens is 366 g/mol. The van der Waals surface area contributed by atoms with Crippen LogP contribution in [0.2, 0.25) is 0 Å². The number of nitrogens with one attached hydrogen (secondary N) is 2. The molecule has 2 amide bonds. The van der Waals surface area contributed by atoms with Gasteiger partial charge in [-0.2, -0.15) is 5.10 Å². The predicted octanol–water partition coefficient (Wildman–Crippen LogP) is 3.85. The number of hydrogen-bond acceptors (Lipinski definition) is 4. The zero-order valence-electron chi connectivity index (χ0n) is 16.0. The van der Waals surface area contributed by atoms with Gasteiger partial charge in [0.05, 0.1) is 11.8 Å². The highest BCUT2D eigenvalue weighted by molar-refractivity contribution is 6.07. The number of aromatic nitrogens is 3. The molecule has 0 aliphatic heterocycles. The lowest BCUT2D eigenvalue weighted by molar-refractivity contribution is 0.101. The summed E-state index contributed by atoms with van der Waals surface area (Å²) in [5, 5.41) is 9.82. The quantitative estimate of drug-likeness (QED) is 0.558. The van der Waals surface area contributed by atoms with E-state index < -0.39 is 0 Å². The molecule has 0 aliphatic rings. The molecule has 0 fully saturated rings. The van der Waals surface area contributed by atoms with E-state index in [1.807, 2.05) is 38.1 Å². The number of carbonyl (C=O) groups is 2. The van der Waals surface area contributed by atoms with Crippen molar-refractivity contribution in [3.8, 4) is 0 Å². The second-order valence-corrected chi connectivity index (χ2v) is 6.78. The predicted molar refractivity (Wildman–Crippen MR) is 111 cm³/mol. The Morgan fingerprint density at radius 3 is 2.59 bits per heavy atom. The van der Waals surface area contributed by atoms with Gasteiger partial charge in [0.15, 0.2) is 5.65 Å². The third kappa shape index (κ3) is 3.98. The Morgan fingerprint density at radius 2 is 1.76 bits per heavy atom. The fraction of sp³-hybridized carbons (Fsp3) is 0.0909. The van der Waals surface area contributed by atoms with E-state index in [0.717, 1.165) is 16.8 Å². The standard InChI is InChI=1S/C22H19N5O2/c1-14-4-3-5-18(10-14)25-21(28)16-7-6-15(2)19(11-16)26-22(29)17-12-23-20-8-9-24-27(20)13-17/h3-13H,1-2H3,(H,25,28)(H,26,29). The Morgan fingerprint density at radius 1 is 0.931 bits per heavy atom. The third-order valence-corrected chi connectivity index (χ3v) is 4.53. The largest absolute Gasteiger partial charge is 0.322 e. The molecular formula is C22H19N5O2. The maximum absolute atomic E-state index is 12.6. The van der Waals surface area contributed by atoms with Crippen molar-refractivity contribution in [2.45, 2.75) is 13.8 Å². The first-order chi connectivity index (χ1) is 14.0. The van der Waals surface area contributed by atoms with E-state index in [1.165, 1.54) is 10.7 Å². The van der Waals surface area contributed by atoms with Crippen molar-refractivity contribution in [2.24, 2.45) is 0 Å². The minimum absolute atomic E-state index is 0.245. The Kier molecular flexibility index (Phi) is 4.78. The Hall–Kier alpha value is -4.00. The summed E-state index contributed by atoms with van der Waals surface area (Å²) in [5.41, 5.74) is 4.67. The first-order valence-electron chi connectivity index (χ1n) is 9.09. The smallest absolute Gasteiger partial charge is 0.258 e. The summed E-state index contributed by atoms with van der Waals surface area (Å²) < 4.78 is 1.54. The van der Waals surface area contributed by atoms with Gasteiger partial charge in [0, 0.05) is 35.4 Å². The highest BCUT2D eigenvalue weighted by Crippen LogP contribution is 2.19. The Bertz CT molecular complexity index is 1230. The number of amides is 2. The van der Waals surface area contributed by atoms with Gasteiger partial charge in [-0.1, -0.05) is 18.2 Å². The normalized spacial score (nSPS) is 10.7. The molecule has 2 heterocycles. The van der Waals surface area contributed by atoms with Crippen LogP contribution < -0.4 is 10.6 Å². The maximum Gasteiger partial charge on any atom is 0.258 e. The first-order valence-corrected chi connectivity index (χ1v) is 9.09. The number of anilines is 2. The maximum atomic E-state index is 12.6.